The van der Waals surface area contributed by atoms with Gasteiger partial charge in [-0.1, -0.05) is 35.6 Å². The molecule has 0 saturated heterocycles. The zero-order valence-electron chi connectivity index (χ0n) is 12.0. The van der Waals surface area contributed by atoms with Crippen LogP contribution in [0.5, 0.6) is 5.75 Å². The van der Waals surface area contributed by atoms with Crippen molar-refractivity contribution in [3.63, 3.8) is 0 Å². The molecule has 3 aromatic rings. The average molecular weight is 323 g/mol. The fraction of sp³-hybridized carbons (Fsp3) is 0.118. The Kier molecular flexibility index (Phi) is 3.21. The van der Waals surface area contributed by atoms with Crippen LogP contribution in [0.3, 0.4) is 0 Å². The molecule has 0 radical (unpaired) electrons. The zero-order chi connectivity index (χ0) is 15.9. The van der Waals surface area contributed by atoms with Gasteiger partial charge in [0.05, 0.1) is 10.2 Å². The van der Waals surface area contributed by atoms with Crippen LogP contribution in [0.4, 0.5) is 5.13 Å². The highest BCUT2D eigenvalue weighted by atomic mass is 32.1. The van der Waals surface area contributed by atoms with Gasteiger partial charge >= 0.3 is 0 Å². The van der Waals surface area contributed by atoms with Crippen LogP contribution in [-0.2, 0) is 5.72 Å². The Morgan fingerprint density at radius 3 is 2.91 bits per heavy atom. The Bertz CT molecular complexity index is 915. The lowest BCUT2D eigenvalue weighted by molar-refractivity contribution is 0.0408. The molecule has 5 nitrogen and oxygen atoms in total. The number of para-hydroxylation sites is 1. The second-order valence-corrected chi connectivity index (χ2v) is 6.37. The van der Waals surface area contributed by atoms with E-state index in [2.05, 4.69) is 15.2 Å². The fourth-order valence-corrected chi connectivity index (χ4v) is 3.42. The number of aliphatic hydroxyl groups is 1. The van der Waals surface area contributed by atoms with Crippen LogP contribution in [0.1, 0.15) is 17.5 Å². The summed E-state index contributed by atoms with van der Waals surface area (Å²) >= 11 is 1.43. The lowest BCUT2D eigenvalue weighted by Gasteiger charge is -2.26. The SMILES string of the molecule is Oc1ccc2c(c1)C=CCC2(O)N=Nc1nc2ccccc2s1. The molecular formula is C17H13N3O2S. The minimum absolute atomic E-state index is 0.153. The second-order valence-electron chi connectivity index (χ2n) is 5.36. The topological polar surface area (TPSA) is 78.1 Å². The average Bonchev–Trinajstić information content (AvgIpc) is 2.96. The molecule has 2 aromatic carbocycles. The number of aromatic nitrogens is 1. The lowest BCUT2D eigenvalue weighted by atomic mass is 9.90. The normalized spacial score (nSPS) is 20.2. The maximum Gasteiger partial charge on any atom is 0.230 e. The number of phenols is 1. The highest BCUT2D eigenvalue weighted by molar-refractivity contribution is 7.21. The lowest BCUT2D eigenvalue weighted by Crippen LogP contribution is -2.24. The molecule has 0 aliphatic heterocycles. The molecule has 23 heavy (non-hydrogen) atoms. The molecule has 0 amide bonds. The summed E-state index contributed by atoms with van der Waals surface area (Å²) < 4.78 is 1.03. The number of fused-ring (bicyclic) bond motifs is 2. The summed E-state index contributed by atoms with van der Waals surface area (Å²) in [5, 5.41) is 29.2. The summed E-state index contributed by atoms with van der Waals surface area (Å²) in [5.74, 6) is 0.153. The van der Waals surface area contributed by atoms with Gasteiger partial charge in [-0.3, -0.25) is 0 Å². The van der Waals surface area contributed by atoms with Gasteiger partial charge in [-0.05, 0) is 35.9 Å². The van der Waals surface area contributed by atoms with Gasteiger partial charge in [0.25, 0.3) is 0 Å². The van der Waals surface area contributed by atoms with E-state index in [0.29, 0.717) is 17.1 Å². The van der Waals surface area contributed by atoms with Crippen LogP contribution >= 0.6 is 11.3 Å². The van der Waals surface area contributed by atoms with Gasteiger partial charge < -0.3 is 10.2 Å². The Morgan fingerprint density at radius 1 is 1.17 bits per heavy atom. The van der Waals surface area contributed by atoms with E-state index in [4.69, 9.17) is 0 Å². The molecule has 1 unspecified atom stereocenters. The molecule has 1 aliphatic rings. The van der Waals surface area contributed by atoms with Gasteiger partial charge in [0.2, 0.25) is 10.9 Å². The third-order valence-electron chi connectivity index (χ3n) is 3.75. The standard InChI is InChI=1S/C17H13N3O2S/c21-12-7-8-13-11(10-12)4-3-9-17(13,22)20-19-16-18-14-5-1-2-6-15(14)23-16/h1-8,10,21-22H,9H2. The van der Waals surface area contributed by atoms with Gasteiger partial charge in [-0.2, -0.15) is 0 Å². The molecule has 1 aliphatic carbocycles. The first kappa shape index (κ1) is 14.0. The predicted molar refractivity (Wildman–Crippen MR) is 89.8 cm³/mol. The molecule has 6 heteroatoms. The van der Waals surface area contributed by atoms with Crippen molar-refractivity contribution in [3.8, 4) is 5.75 Å². The maximum absolute atomic E-state index is 10.8. The number of phenolic OH excluding ortho intramolecular Hbond substituents is 1. The number of nitrogens with zero attached hydrogens (tertiary/aromatic N) is 3. The van der Waals surface area contributed by atoms with Gasteiger partial charge in [0, 0.05) is 12.0 Å². The number of aromatic hydroxyl groups is 1. The largest absolute Gasteiger partial charge is 0.508 e. The Balaban J connectivity index is 1.71. The van der Waals surface area contributed by atoms with Crippen molar-refractivity contribution in [1.82, 2.24) is 4.98 Å². The second kappa shape index (κ2) is 5.26. The van der Waals surface area contributed by atoms with E-state index in [1.807, 2.05) is 36.4 Å². The van der Waals surface area contributed by atoms with Gasteiger partial charge in [-0.25, -0.2) is 4.98 Å². The molecule has 1 aromatic heterocycles. The van der Waals surface area contributed by atoms with E-state index in [9.17, 15) is 10.2 Å². The van der Waals surface area contributed by atoms with Crippen LogP contribution < -0.4 is 0 Å². The van der Waals surface area contributed by atoms with Crippen molar-refractivity contribution in [2.75, 3.05) is 0 Å². The highest BCUT2D eigenvalue weighted by Crippen LogP contribution is 2.38. The van der Waals surface area contributed by atoms with Crippen LogP contribution in [-0.4, -0.2) is 15.2 Å². The smallest absolute Gasteiger partial charge is 0.230 e. The quantitative estimate of drug-likeness (QED) is 0.688. The molecule has 1 atom stereocenters. The Labute approximate surface area is 136 Å². The predicted octanol–water partition coefficient (Wildman–Crippen LogP) is 4.35. The first-order valence-corrected chi connectivity index (χ1v) is 7.97. The Hall–Kier alpha value is -2.57. The Morgan fingerprint density at radius 2 is 2.04 bits per heavy atom. The highest BCUT2D eigenvalue weighted by Gasteiger charge is 2.32. The van der Waals surface area contributed by atoms with Crippen LogP contribution in [0, 0.1) is 0 Å². The molecule has 4 rings (SSSR count). The van der Waals surface area contributed by atoms with E-state index in [-0.39, 0.29) is 5.75 Å². The van der Waals surface area contributed by atoms with Crippen molar-refractivity contribution >= 4 is 32.8 Å². The minimum atomic E-state index is -1.43. The monoisotopic (exact) mass is 323 g/mol. The zero-order valence-corrected chi connectivity index (χ0v) is 12.9. The molecule has 2 N–H and O–H groups in total. The molecular weight excluding hydrogens is 310 g/mol. The molecule has 0 spiro atoms. The number of hydrogen-bond donors (Lipinski definition) is 2. The molecule has 0 saturated carbocycles. The van der Waals surface area contributed by atoms with Crippen LogP contribution in [0.15, 0.2) is 58.8 Å². The maximum atomic E-state index is 10.8. The fourth-order valence-electron chi connectivity index (χ4n) is 2.64. The first-order chi connectivity index (χ1) is 11.1. The van der Waals surface area contributed by atoms with E-state index in [1.165, 1.54) is 17.4 Å². The number of hydrogen-bond acceptors (Lipinski definition) is 6. The summed E-state index contributed by atoms with van der Waals surface area (Å²) in [7, 11) is 0. The van der Waals surface area contributed by atoms with Gasteiger partial charge in [0.1, 0.15) is 5.75 Å². The summed E-state index contributed by atoms with van der Waals surface area (Å²) in [6, 6.07) is 12.6. The summed E-state index contributed by atoms with van der Waals surface area (Å²) in [6.07, 6.45) is 4.01. The number of rotatable bonds is 2. The molecule has 1 heterocycles. The summed E-state index contributed by atoms with van der Waals surface area (Å²) in [4.78, 5) is 4.39. The molecule has 0 bridgehead atoms. The van der Waals surface area contributed by atoms with E-state index >= 15 is 0 Å². The van der Waals surface area contributed by atoms with Crippen molar-refractivity contribution in [2.45, 2.75) is 12.1 Å². The number of thiazole rings is 1. The van der Waals surface area contributed by atoms with Crippen molar-refractivity contribution in [1.29, 1.82) is 0 Å². The van der Waals surface area contributed by atoms with Gasteiger partial charge in [0.15, 0.2) is 0 Å². The molecule has 114 valence electrons. The van der Waals surface area contributed by atoms with E-state index in [0.717, 1.165) is 15.8 Å². The number of azo groups is 1. The first-order valence-electron chi connectivity index (χ1n) is 7.15. The van der Waals surface area contributed by atoms with Crippen LogP contribution in [0.25, 0.3) is 16.3 Å². The number of benzene rings is 2. The third kappa shape index (κ3) is 2.52. The van der Waals surface area contributed by atoms with Crippen molar-refractivity contribution in [2.24, 2.45) is 10.2 Å². The van der Waals surface area contributed by atoms with Crippen molar-refractivity contribution < 1.29 is 10.2 Å². The third-order valence-corrected chi connectivity index (χ3v) is 4.67. The minimum Gasteiger partial charge on any atom is -0.508 e. The van der Waals surface area contributed by atoms with E-state index in [1.54, 1.807) is 12.1 Å². The van der Waals surface area contributed by atoms with E-state index < -0.39 is 5.72 Å². The summed E-state index contributed by atoms with van der Waals surface area (Å²) in [6.45, 7) is 0. The van der Waals surface area contributed by atoms with Crippen LogP contribution in [0.2, 0.25) is 0 Å². The summed E-state index contributed by atoms with van der Waals surface area (Å²) in [5.41, 5.74) is 0.798. The van der Waals surface area contributed by atoms with Gasteiger partial charge in [-0.15, -0.1) is 10.2 Å². The van der Waals surface area contributed by atoms with Crippen molar-refractivity contribution in [3.05, 3.63) is 59.7 Å². The molecule has 0 fully saturated rings.